The van der Waals surface area contributed by atoms with E-state index in [1.807, 2.05) is 0 Å². The molecule has 0 unspecified atom stereocenters. The molecule has 0 nitrogen and oxygen atoms in total. The van der Waals surface area contributed by atoms with Crippen molar-refractivity contribution in [3.63, 3.8) is 0 Å². The Labute approximate surface area is 74.2 Å². The third-order valence-electron chi connectivity index (χ3n) is 0.712. The van der Waals surface area contributed by atoms with Crippen molar-refractivity contribution in [1.29, 1.82) is 0 Å². The molecule has 0 aliphatic carbocycles. The van der Waals surface area contributed by atoms with E-state index in [-0.39, 0.29) is 0 Å². The summed E-state index contributed by atoms with van der Waals surface area (Å²) in [5.41, 5.74) is 0. The minimum atomic E-state index is -5.46. The van der Waals surface area contributed by atoms with Gasteiger partial charge in [0.1, 0.15) is 0 Å². The van der Waals surface area contributed by atoms with Crippen molar-refractivity contribution in [2.75, 3.05) is 0 Å². The van der Waals surface area contributed by atoms with Crippen molar-refractivity contribution >= 4 is 31.9 Å². The zero-order valence-corrected chi connectivity index (χ0v) is 7.70. The van der Waals surface area contributed by atoms with Crippen molar-refractivity contribution in [3.05, 3.63) is 0 Å². The van der Waals surface area contributed by atoms with E-state index in [1.165, 1.54) is 0 Å². The van der Waals surface area contributed by atoms with E-state index in [1.54, 1.807) is 0 Å². The van der Waals surface area contributed by atoms with Gasteiger partial charge in [-0.2, -0.15) is 26.3 Å². The molecule has 0 spiro atoms. The summed E-state index contributed by atoms with van der Waals surface area (Å²) in [5, 5.41) is 0. The molecule has 0 aromatic carbocycles. The Morgan fingerprint density at radius 3 is 0.818 bits per heavy atom. The van der Waals surface area contributed by atoms with Gasteiger partial charge in [0.2, 0.25) is 0 Å². The molecule has 11 heavy (non-hydrogen) atoms. The Morgan fingerprint density at radius 1 is 0.636 bits per heavy atom. The lowest BCUT2D eigenvalue weighted by molar-refractivity contribution is -0.231. The molecule has 0 amide bonds. The standard InChI is InChI=1S/C3Br2F6/c4-2(8,9)1(6,7)3(5,10)11. The molecule has 0 aromatic rings. The molecule has 0 aliphatic rings. The Balaban J connectivity index is 4.75. The van der Waals surface area contributed by atoms with Crippen LogP contribution >= 0.6 is 31.9 Å². The van der Waals surface area contributed by atoms with E-state index in [9.17, 15) is 26.3 Å². The molecular weight excluding hydrogens is 310 g/mol. The van der Waals surface area contributed by atoms with Crippen molar-refractivity contribution in [2.45, 2.75) is 15.6 Å². The van der Waals surface area contributed by atoms with Crippen molar-refractivity contribution < 1.29 is 26.3 Å². The molecule has 0 radical (unpaired) electrons. The Bertz CT molecular complexity index is 127. The summed E-state index contributed by atoms with van der Waals surface area (Å²) in [4.78, 5) is -9.88. The number of halogens is 8. The maximum absolute atomic E-state index is 11.8. The molecular formula is C3Br2F6. The quantitative estimate of drug-likeness (QED) is 0.540. The first-order chi connectivity index (χ1) is 4.50. The van der Waals surface area contributed by atoms with Crippen molar-refractivity contribution in [1.82, 2.24) is 0 Å². The lowest BCUT2D eigenvalue weighted by Crippen LogP contribution is -2.47. The second-order valence-corrected chi connectivity index (χ2v) is 3.56. The third-order valence-corrected chi connectivity index (χ3v) is 1.71. The fraction of sp³-hybridized carbons (Fsp3) is 1.00. The molecule has 8 heteroatoms. The number of alkyl halides is 8. The molecule has 0 aromatic heterocycles. The smallest absolute Gasteiger partial charge is 0.191 e. The Kier molecular flexibility index (Phi) is 2.93. The van der Waals surface area contributed by atoms with Crippen LogP contribution in [0.5, 0.6) is 0 Å². The fourth-order valence-electron chi connectivity index (χ4n) is 0.161. The molecule has 0 saturated heterocycles. The first kappa shape index (κ1) is 11.5. The van der Waals surface area contributed by atoms with Crippen LogP contribution in [-0.4, -0.2) is 15.6 Å². The predicted octanol–water partition coefficient (Wildman–Crippen LogP) is 3.60. The first-order valence-corrected chi connectivity index (χ1v) is 3.60. The van der Waals surface area contributed by atoms with E-state index in [0.717, 1.165) is 31.9 Å². The number of hydrogen-bond donors (Lipinski definition) is 0. The average molecular weight is 310 g/mol. The molecule has 0 rings (SSSR count). The van der Waals surface area contributed by atoms with E-state index in [0.29, 0.717) is 0 Å². The van der Waals surface area contributed by atoms with Crippen LogP contribution in [0.2, 0.25) is 0 Å². The SMILES string of the molecule is FC(F)(Br)C(F)(F)C(F)(F)Br. The third kappa shape index (κ3) is 2.24. The van der Waals surface area contributed by atoms with Gasteiger partial charge < -0.3 is 0 Å². The van der Waals surface area contributed by atoms with E-state index in [2.05, 4.69) is 0 Å². The van der Waals surface area contributed by atoms with Crippen LogP contribution in [0.4, 0.5) is 26.3 Å². The van der Waals surface area contributed by atoms with E-state index < -0.39 is 15.6 Å². The van der Waals surface area contributed by atoms with Crippen LogP contribution in [0.15, 0.2) is 0 Å². The molecule has 0 saturated carbocycles. The van der Waals surface area contributed by atoms with Gasteiger partial charge in [-0.25, -0.2) is 0 Å². The maximum Gasteiger partial charge on any atom is 0.392 e. The normalized spacial score (nSPS) is 15.3. The van der Waals surface area contributed by atoms with Crippen LogP contribution in [0.1, 0.15) is 0 Å². The van der Waals surface area contributed by atoms with Crippen LogP contribution in [0.3, 0.4) is 0 Å². The topological polar surface area (TPSA) is 0 Å². The highest BCUT2D eigenvalue weighted by Crippen LogP contribution is 2.51. The summed E-state index contributed by atoms with van der Waals surface area (Å²) in [6.45, 7) is 0. The lowest BCUT2D eigenvalue weighted by Gasteiger charge is -2.25. The highest BCUT2D eigenvalue weighted by atomic mass is 79.9. The second-order valence-electron chi connectivity index (χ2n) is 1.57. The van der Waals surface area contributed by atoms with Crippen LogP contribution in [-0.2, 0) is 0 Å². The zero-order valence-electron chi connectivity index (χ0n) is 4.52. The van der Waals surface area contributed by atoms with Gasteiger partial charge in [0.25, 0.3) is 0 Å². The van der Waals surface area contributed by atoms with Gasteiger partial charge in [-0.05, 0) is 31.9 Å². The van der Waals surface area contributed by atoms with Crippen LogP contribution < -0.4 is 0 Å². The average Bonchev–Trinajstić information content (AvgIpc) is 1.58. The van der Waals surface area contributed by atoms with E-state index in [4.69, 9.17) is 0 Å². The van der Waals surface area contributed by atoms with Gasteiger partial charge in [-0.15, -0.1) is 0 Å². The van der Waals surface area contributed by atoms with Gasteiger partial charge in [0.05, 0.1) is 0 Å². The molecule has 0 fully saturated rings. The molecule has 0 heterocycles. The van der Waals surface area contributed by atoms with Gasteiger partial charge in [0.15, 0.2) is 0 Å². The van der Waals surface area contributed by atoms with Crippen molar-refractivity contribution in [2.24, 2.45) is 0 Å². The number of hydrogen-bond acceptors (Lipinski definition) is 0. The largest absolute Gasteiger partial charge is 0.392 e. The lowest BCUT2D eigenvalue weighted by atomic mass is 10.4. The van der Waals surface area contributed by atoms with Gasteiger partial charge >= 0.3 is 15.6 Å². The minimum absolute atomic E-state index is 1.14. The summed E-state index contributed by atoms with van der Waals surface area (Å²) in [7, 11) is 0. The summed E-state index contributed by atoms with van der Waals surface area (Å²) < 4.78 is 70.3. The monoisotopic (exact) mass is 308 g/mol. The summed E-state index contributed by atoms with van der Waals surface area (Å²) in [6, 6.07) is 0. The van der Waals surface area contributed by atoms with Gasteiger partial charge in [0, 0.05) is 0 Å². The molecule has 0 bridgehead atoms. The van der Waals surface area contributed by atoms with Gasteiger partial charge in [-0.3, -0.25) is 0 Å². The summed E-state index contributed by atoms with van der Waals surface area (Å²) >= 11 is 2.28. The van der Waals surface area contributed by atoms with Gasteiger partial charge in [-0.1, -0.05) is 0 Å². The van der Waals surface area contributed by atoms with Crippen molar-refractivity contribution in [3.8, 4) is 0 Å². The fourth-order valence-corrected chi connectivity index (χ4v) is 0.925. The Morgan fingerprint density at radius 2 is 0.818 bits per heavy atom. The highest BCUT2D eigenvalue weighted by molar-refractivity contribution is 9.10. The Hall–Kier alpha value is 0.540. The number of rotatable bonds is 2. The van der Waals surface area contributed by atoms with Crippen LogP contribution in [0, 0.1) is 0 Å². The summed E-state index contributed by atoms with van der Waals surface area (Å²) in [5.74, 6) is -5.46. The zero-order chi connectivity index (χ0) is 9.50. The molecule has 0 N–H and O–H groups in total. The minimum Gasteiger partial charge on any atom is -0.191 e. The molecule has 0 aliphatic heterocycles. The predicted molar refractivity (Wildman–Crippen MR) is 32.7 cm³/mol. The highest BCUT2D eigenvalue weighted by Gasteiger charge is 2.69. The summed E-state index contributed by atoms with van der Waals surface area (Å²) in [6.07, 6.45) is 0. The second kappa shape index (κ2) is 2.79. The van der Waals surface area contributed by atoms with E-state index >= 15 is 0 Å². The first-order valence-electron chi connectivity index (χ1n) is 2.01. The molecule has 0 atom stereocenters. The molecule has 68 valence electrons. The maximum atomic E-state index is 11.8. The van der Waals surface area contributed by atoms with Crippen LogP contribution in [0.25, 0.3) is 0 Å².